The summed E-state index contributed by atoms with van der Waals surface area (Å²) in [6.07, 6.45) is 4.41. The predicted octanol–water partition coefficient (Wildman–Crippen LogP) is 6.73. The van der Waals surface area contributed by atoms with E-state index in [1.807, 2.05) is 55.1 Å². The smallest absolute Gasteiger partial charge is 0.251 e. The molecule has 0 spiro atoms. The first kappa shape index (κ1) is 26.7. The summed E-state index contributed by atoms with van der Waals surface area (Å²) in [5.41, 5.74) is 8.21. The third-order valence-corrected chi connectivity index (χ3v) is 8.09. The maximum atomic E-state index is 13.5. The quantitative estimate of drug-likeness (QED) is 0.291. The van der Waals surface area contributed by atoms with Gasteiger partial charge in [0.15, 0.2) is 0 Å². The van der Waals surface area contributed by atoms with Crippen molar-refractivity contribution in [1.82, 2.24) is 9.55 Å². The Morgan fingerprint density at radius 1 is 0.902 bits per heavy atom. The summed E-state index contributed by atoms with van der Waals surface area (Å²) in [5, 5.41) is 3.08. The van der Waals surface area contributed by atoms with Crippen LogP contribution in [-0.2, 0) is 22.4 Å². The molecule has 0 unspecified atom stereocenters. The van der Waals surface area contributed by atoms with Crippen LogP contribution in [0.1, 0.15) is 53.9 Å². The van der Waals surface area contributed by atoms with E-state index in [-0.39, 0.29) is 24.1 Å². The van der Waals surface area contributed by atoms with Gasteiger partial charge in [-0.1, -0.05) is 18.2 Å². The Bertz CT molecular complexity index is 1650. The fraction of sp³-hybridized carbons (Fsp3) is 0.265. The highest BCUT2D eigenvalue weighted by Crippen LogP contribution is 2.35. The first-order valence-electron chi connectivity index (χ1n) is 14.2. The summed E-state index contributed by atoms with van der Waals surface area (Å²) in [5.74, 6) is 0.415. The molecule has 1 aliphatic carbocycles. The van der Waals surface area contributed by atoms with Crippen LogP contribution in [0.4, 0.5) is 15.8 Å². The molecule has 0 saturated carbocycles. The molecular formula is C34H33FN4O2. The van der Waals surface area contributed by atoms with Crippen molar-refractivity contribution < 1.29 is 14.0 Å². The normalized spacial score (nSPS) is 14.8. The summed E-state index contributed by atoms with van der Waals surface area (Å²) < 4.78 is 15.5. The van der Waals surface area contributed by atoms with E-state index in [1.165, 1.54) is 12.1 Å². The van der Waals surface area contributed by atoms with Crippen molar-refractivity contribution >= 4 is 28.8 Å². The molecule has 2 aromatic heterocycles. The van der Waals surface area contributed by atoms with Crippen molar-refractivity contribution in [3.05, 3.63) is 112 Å². The third-order valence-electron chi connectivity index (χ3n) is 8.09. The lowest BCUT2D eigenvalue weighted by Gasteiger charge is -2.21. The topological polar surface area (TPSA) is 67.2 Å². The zero-order valence-corrected chi connectivity index (χ0v) is 23.4. The number of nitrogens with zero attached hydrogens (tertiary/aromatic N) is 3. The number of amides is 2. The van der Waals surface area contributed by atoms with Crippen LogP contribution in [0.5, 0.6) is 0 Å². The molecule has 0 atom stereocenters. The Labute approximate surface area is 239 Å². The van der Waals surface area contributed by atoms with Gasteiger partial charge >= 0.3 is 0 Å². The Morgan fingerprint density at radius 3 is 2.44 bits per heavy atom. The van der Waals surface area contributed by atoms with Gasteiger partial charge in [0.2, 0.25) is 5.91 Å². The van der Waals surface area contributed by atoms with Gasteiger partial charge < -0.3 is 14.8 Å². The third kappa shape index (κ3) is 5.44. The van der Waals surface area contributed by atoms with E-state index in [4.69, 9.17) is 4.98 Å². The molecule has 2 amide bonds. The average Bonchev–Trinajstić information content (AvgIpc) is 3.55. The summed E-state index contributed by atoms with van der Waals surface area (Å²) in [6, 6.07) is 22.0. The van der Waals surface area contributed by atoms with Crippen molar-refractivity contribution in [1.29, 1.82) is 0 Å². The van der Waals surface area contributed by atoms with Crippen LogP contribution in [0, 0.1) is 19.7 Å². The van der Waals surface area contributed by atoms with Crippen molar-refractivity contribution in [2.45, 2.75) is 52.4 Å². The minimum absolute atomic E-state index is 0.00226. The number of fused-ring (bicyclic) bond motifs is 1. The molecule has 6 nitrogen and oxygen atoms in total. The Balaban J connectivity index is 1.16. The van der Waals surface area contributed by atoms with Crippen LogP contribution in [0.15, 0.2) is 78.4 Å². The Kier molecular flexibility index (Phi) is 7.26. The first-order chi connectivity index (χ1) is 19.9. The number of aromatic nitrogens is 2. The van der Waals surface area contributed by atoms with E-state index in [2.05, 4.69) is 22.0 Å². The lowest BCUT2D eigenvalue weighted by Crippen LogP contribution is -2.30. The SMILES string of the molecule is Cc1ccc(C)n1-c1cccc(CC(=O)N2CCc3cc(NC(=O)C4=C(c5ccc(F)cc5)CCCC4)ccc32)n1. The van der Waals surface area contributed by atoms with Crippen molar-refractivity contribution in [2.75, 3.05) is 16.8 Å². The molecule has 2 aliphatic rings. The summed E-state index contributed by atoms with van der Waals surface area (Å²) in [4.78, 5) is 33.3. The number of carbonyl (C=O) groups is 2. The molecule has 7 heteroatoms. The van der Waals surface area contributed by atoms with Crippen LogP contribution in [-0.4, -0.2) is 27.9 Å². The van der Waals surface area contributed by atoms with Gasteiger partial charge in [0, 0.05) is 34.9 Å². The zero-order chi connectivity index (χ0) is 28.5. The van der Waals surface area contributed by atoms with E-state index >= 15 is 0 Å². The second kappa shape index (κ2) is 11.2. The van der Waals surface area contributed by atoms with Gasteiger partial charge in [-0.3, -0.25) is 9.59 Å². The number of carbonyl (C=O) groups excluding carboxylic acids is 2. The van der Waals surface area contributed by atoms with Crippen LogP contribution in [0.3, 0.4) is 0 Å². The lowest BCUT2D eigenvalue weighted by atomic mass is 9.87. The number of hydrogen-bond acceptors (Lipinski definition) is 3. The molecule has 1 N–H and O–H groups in total. The number of aryl methyl sites for hydroxylation is 2. The van der Waals surface area contributed by atoms with Crippen LogP contribution < -0.4 is 10.2 Å². The number of halogens is 1. The minimum Gasteiger partial charge on any atom is -0.322 e. The van der Waals surface area contributed by atoms with E-state index in [0.29, 0.717) is 18.7 Å². The van der Waals surface area contributed by atoms with Crippen LogP contribution in [0.25, 0.3) is 11.4 Å². The average molecular weight is 549 g/mol. The molecule has 208 valence electrons. The number of nitrogens with one attached hydrogen (secondary N) is 1. The fourth-order valence-corrected chi connectivity index (χ4v) is 6.04. The van der Waals surface area contributed by atoms with Gasteiger partial charge in [0.05, 0.1) is 12.1 Å². The second-order valence-corrected chi connectivity index (χ2v) is 10.9. The molecular weight excluding hydrogens is 515 g/mol. The standard InChI is InChI=1S/C34H33FN4O2/c1-22-10-11-23(2)39(22)32-9-5-6-27(36-32)21-33(40)38-19-18-25-20-28(16-17-31(25)38)37-34(41)30-8-4-3-7-29(30)24-12-14-26(35)15-13-24/h5-6,9-17,20H,3-4,7-8,18-19,21H2,1-2H3,(H,37,41). The second-order valence-electron chi connectivity index (χ2n) is 10.9. The fourth-order valence-electron chi connectivity index (χ4n) is 6.04. The Hall–Kier alpha value is -4.52. The Morgan fingerprint density at radius 2 is 1.66 bits per heavy atom. The van der Waals surface area contributed by atoms with Gasteiger partial charge in [-0.2, -0.15) is 0 Å². The van der Waals surface area contributed by atoms with Crippen molar-refractivity contribution in [3.8, 4) is 5.82 Å². The molecule has 2 aromatic carbocycles. The van der Waals surface area contributed by atoms with Crippen molar-refractivity contribution in [2.24, 2.45) is 0 Å². The molecule has 4 aromatic rings. The maximum absolute atomic E-state index is 13.5. The lowest BCUT2D eigenvalue weighted by molar-refractivity contribution is -0.118. The number of allylic oxidation sites excluding steroid dienone is 1. The maximum Gasteiger partial charge on any atom is 0.251 e. The summed E-state index contributed by atoms with van der Waals surface area (Å²) in [7, 11) is 0. The van der Waals surface area contributed by atoms with Crippen LogP contribution >= 0.6 is 0 Å². The van der Waals surface area contributed by atoms with Gasteiger partial charge in [-0.15, -0.1) is 0 Å². The predicted molar refractivity (Wildman–Crippen MR) is 160 cm³/mol. The van der Waals surface area contributed by atoms with Gasteiger partial charge in [0.1, 0.15) is 11.6 Å². The minimum atomic E-state index is -0.284. The molecule has 1 aliphatic heterocycles. The van der Waals surface area contributed by atoms with Crippen molar-refractivity contribution in [3.63, 3.8) is 0 Å². The highest BCUT2D eigenvalue weighted by Gasteiger charge is 2.26. The number of hydrogen-bond donors (Lipinski definition) is 1. The van der Waals surface area contributed by atoms with E-state index in [9.17, 15) is 14.0 Å². The molecule has 0 radical (unpaired) electrons. The number of benzene rings is 2. The largest absolute Gasteiger partial charge is 0.322 e. The summed E-state index contributed by atoms with van der Waals surface area (Å²) in [6.45, 7) is 4.68. The molecule has 3 heterocycles. The highest BCUT2D eigenvalue weighted by molar-refractivity contribution is 6.09. The number of rotatable bonds is 6. The molecule has 41 heavy (non-hydrogen) atoms. The number of pyridine rings is 1. The van der Waals surface area contributed by atoms with E-state index in [1.54, 1.807) is 12.1 Å². The molecule has 6 rings (SSSR count). The highest BCUT2D eigenvalue weighted by atomic mass is 19.1. The van der Waals surface area contributed by atoms with E-state index < -0.39 is 0 Å². The van der Waals surface area contributed by atoms with Gasteiger partial charge in [-0.25, -0.2) is 9.37 Å². The van der Waals surface area contributed by atoms with Gasteiger partial charge in [0.25, 0.3) is 5.91 Å². The van der Waals surface area contributed by atoms with Gasteiger partial charge in [-0.05, 0) is 117 Å². The monoisotopic (exact) mass is 548 g/mol. The number of anilines is 2. The van der Waals surface area contributed by atoms with Crippen LogP contribution in [0.2, 0.25) is 0 Å². The first-order valence-corrected chi connectivity index (χ1v) is 14.2. The zero-order valence-electron chi connectivity index (χ0n) is 23.4. The molecule has 0 saturated heterocycles. The van der Waals surface area contributed by atoms with E-state index in [0.717, 1.165) is 76.5 Å². The summed E-state index contributed by atoms with van der Waals surface area (Å²) >= 11 is 0. The molecule has 0 bridgehead atoms. The molecule has 0 fully saturated rings.